The zero-order valence-corrected chi connectivity index (χ0v) is 38.2. The fraction of sp³-hybridized carbons (Fsp3) is 0.769. The molecule has 6 nitrogen and oxygen atoms in total. The summed E-state index contributed by atoms with van der Waals surface area (Å²) in [7, 11) is 0. The topological polar surface area (TPSA) is 95.9 Å². The van der Waals surface area contributed by atoms with Gasteiger partial charge in [-0.2, -0.15) is 0 Å². The number of allylic oxidation sites excluding steroid dienone is 10. The van der Waals surface area contributed by atoms with Crippen LogP contribution in [0.2, 0.25) is 0 Å². The van der Waals surface area contributed by atoms with Crippen LogP contribution in [-0.4, -0.2) is 46.9 Å². The molecule has 0 bridgehead atoms. The van der Waals surface area contributed by atoms with Crippen molar-refractivity contribution in [1.29, 1.82) is 0 Å². The van der Waals surface area contributed by atoms with Crippen LogP contribution in [0.15, 0.2) is 60.8 Å². The quantitative estimate of drug-likeness (QED) is 0.0247. The second-order valence-corrected chi connectivity index (χ2v) is 16.6. The Labute approximate surface area is 358 Å². The molecule has 0 aromatic carbocycles. The highest BCUT2D eigenvalue weighted by atomic mass is 16.5. The molecule has 0 aliphatic rings. The molecule has 0 aromatic rings. The third-order valence-electron chi connectivity index (χ3n) is 10.9. The van der Waals surface area contributed by atoms with E-state index >= 15 is 0 Å². The molecule has 0 aliphatic carbocycles. The minimum atomic E-state index is -0.806. The van der Waals surface area contributed by atoms with Crippen molar-refractivity contribution in [3.63, 3.8) is 0 Å². The van der Waals surface area contributed by atoms with E-state index in [2.05, 4.69) is 50.4 Å². The van der Waals surface area contributed by atoms with Crippen LogP contribution in [0.5, 0.6) is 0 Å². The maximum atomic E-state index is 13.1. The van der Waals surface area contributed by atoms with E-state index in [-0.39, 0.29) is 24.9 Å². The molecule has 3 N–H and O–H groups in total. The standard InChI is InChI=1S/C52H93NO5/c1-4-7-10-13-16-19-22-24-25-26-27-30-33-36-39-42-45-52(57)58-48(43-40-37-34-31-28-21-18-15-12-9-6-3)46-51(56)53-49(47-54)50(55)44-41-38-35-32-29-23-20-17-14-11-8-5-2/h9,12,15,18,21,25-26,28,31,34,48-50,54-55H,4-8,10-11,13-14,16-17,19-20,22-24,27,29-30,32-33,35-47H2,1-3H3,(H,53,56)/b12-9+,18-15+,26-25+,28-21-,34-31-. The summed E-state index contributed by atoms with van der Waals surface area (Å²) in [6.45, 7) is 6.31. The van der Waals surface area contributed by atoms with Crippen molar-refractivity contribution in [3.05, 3.63) is 60.8 Å². The van der Waals surface area contributed by atoms with Gasteiger partial charge in [0.05, 0.1) is 25.2 Å². The Morgan fingerprint density at radius 1 is 0.517 bits per heavy atom. The van der Waals surface area contributed by atoms with Gasteiger partial charge < -0.3 is 20.3 Å². The fourth-order valence-corrected chi connectivity index (χ4v) is 7.21. The molecule has 0 rings (SSSR count). The normalized spacial score (nSPS) is 13.8. The highest BCUT2D eigenvalue weighted by Crippen LogP contribution is 2.17. The summed E-state index contributed by atoms with van der Waals surface area (Å²) in [6, 6.07) is -0.724. The van der Waals surface area contributed by atoms with E-state index in [1.807, 2.05) is 36.5 Å². The third kappa shape index (κ3) is 40.3. The summed E-state index contributed by atoms with van der Waals surface area (Å²) >= 11 is 0. The molecule has 3 unspecified atom stereocenters. The summed E-state index contributed by atoms with van der Waals surface area (Å²) in [5.41, 5.74) is 0. The van der Waals surface area contributed by atoms with Gasteiger partial charge in [-0.3, -0.25) is 9.59 Å². The number of rotatable bonds is 43. The van der Waals surface area contributed by atoms with Gasteiger partial charge >= 0.3 is 5.97 Å². The fourth-order valence-electron chi connectivity index (χ4n) is 7.21. The van der Waals surface area contributed by atoms with Crippen LogP contribution in [0.25, 0.3) is 0 Å². The maximum absolute atomic E-state index is 13.1. The molecule has 0 radical (unpaired) electrons. The molecule has 0 heterocycles. The van der Waals surface area contributed by atoms with Crippen LogP contribution in [0.4, 0.5) is 0 Å². The summed E-state index contributed by atoms with van der Waals surface area (Å²) < 4.78 is 5.87. The monoisotopic (exact) mass is 812 g/mol. The van der Waals surface area contributed by atoms with Crippen LogP contribution in [0.1, 0.15) is 233 Å². The summed E-state index contributed by atoms with van der Waals surface area (Å²) in [5, 5.41) is 23.7. The van der Waals surface area contributed by atoms with E-state index in [9.17, 15) is 19.8 Å². The van der Waals surface area contributed by atoms with E-state index in [1.165, 1.54) is 122 Å². The van der Waals surface area contributed by atoms with Crippen LogP contribution in [-0.2, 0) is 14.3 Å². The van der Waals surface area contributed by atoms with Gasteiger partial charge in [-0.25, -0.2) is 0 Å². The van der Waals surface area contributed by atoms with Gasteiger partial charge in [0.15, 0.2) is 0 Å². The van der Waals surface area contributed by atoms with Crippen molar-refractivity contribution in [3.8, 4) is 0 Å². The number of hydrogen-bond acceptors (Lipinski definition) is 5. The Kier molecular flexibility index (Phi) is 43.7. The van der Waals surface area contributed by atoms with E-state index in [0.717, 1.165) is 64.2 Å². The molecule has 0 aromatic heterocycles. The summed E-state index contributed by atoms with van der Waals surface area (Å²) in [6.07, 6.45) is 55.7. The van der Waals surface area contributed by atoms with E-state index in [1.54, 1.807) is 0 Å². The summed E-state index contributed by atoms with van der Waals surface area (Å²) in [5.74, 6) is -0.552. The highest BCUT2D eigenvalue weighted by molar-refractivity contribution is 5.77. The van der Waals surface area contributed by atoms with Crippen molar-refractivity contribution in [2.24, 2.45) is 0 Å². The molecule has 0 saturated carbocycles. The number of carbonyl (C=O) groups excluding carboxylic acids is 2. The lowest BCUT2D eigenvalue weighted by Crippen LogP contribution is -2.46. The molecule has 0 saturated heterocycles. The Morgan fingerprint density at radius 3 is 1.48 bits per heavy atom. The predicted octanol–water partition coefficient (Wildman–Crippen LogP) is 14.5. The molecular weight excluding hydrogens is 719 g/mol. The van der Waals surface area contributed by atoms with Gasteiger partial charge in [-0.1, -0.05) is 216 Å². The number of aliphatic hydroxyl groups excluding tert-OH is 2. The third-order valence-corrected chi connectivity index (χ3v) is 10.9. The molecule has 58 heavy (non-hydrogen) atoms. The lowest BCUT2D eigenvalue weighted by molar-refractivity contribution is -0.151. The number of ether oxygens (including phenoxy) is 1. The zero-order valence-electron chi connectivity index (χ0n) is 38.2. The lowest BCUT2D eigenvalue weighted by Gasteiger charge is -2.24. The van der Waals surface area contributed by atoms with Crippen molar-refractivity contribution in [2.45, 2.75) is 251 Å². The van der Waals surface area contributed by atoms with Crippen LogP contribution in [0.3, 0.4) is 0 Å². The Morgan fingerprint density at radius 2 is 0.966 bits per heavy atom. The van der Waals surface area contributed by atoms with Gasteiger partial charge in [0, 0.05) is 6.42 Å². The SMILES string of the molecule is CC/C=C/C=C/C=C\C=C/CCCC(CC(=O)NC(CO)C(O)CCCCCCCCCCCCCC)OC(=O)CCCCCCC/C=C/CCCCCCCCC. The molecule has 1 amide bonds. The number of hydrogen-bond donors (Lipinski definition) is 3. The van der Waals surface area contributed by atoms with Crippen LogP contribution < -0.4 is 5.32 Å². The first kappa shape index (κ1) is 55.6. The minimum Gasteiger partial charge on any atom is -0.462 e. The lowest BCUT2D eigenvalue weighted by atomic mass is 10.0. The molecule has 0 spiro atoms. The summed E-state index contributed by atoms with van der Waals surface area (Å²) in [4.78, 5) is 26.0. The number of carbonyl (C=O) groups is 2. The molecular formula is C52H93NO5. The molecule has 0 fully saturated rings. The number of esters is 1. The highest BCUT2D eigenvalue weighted by Gasteiger charge is 2.24. The number of nitrogens with one attached hydrogen (secondary N) is 1. The van der Waals surface area contributed by atoms with Crippen molar-refractivity contribution in [1.82, 2.24) is 5.32 Å². The number of amides is 1. The van der Waals surface area contributed by atoms with Crippen molar-refractivity contribution >= 4 is 11.9 Å². The first-order valence-electron chi connectivity index (χ1n) is 24.6. The second-order valence-electron chi connectivity index (χ2n) is 16.6. The van der Waals surface area contributed by atoms with E-state index < -0.39 is 18.2 Å². The maximum Gasteiger partial charge on any atom is 0.306 e. The van der Waals surface area contributed by atoms with E-state index in [0.29, 0.717) is 19.3 Å². The largest absolute Gasteiger partial charge is 0.462 e. The van der Waals surface area contributed by atoms with Gasteiger partial charge in [-0.15, -0.1) is 0 Å². The van der Waals surface area contributed by atoms with Gasteiger partial charge in [0.25, 0.3) is 0 Å². The van der Waals surface area contributed by atoms with Crippen LogP contribution in [0, 0.1) is 0 Å². The van der Waals surface area contributed by atoms with Crippen LogP contribution >= 0.6 is 0 Å². The number of aliphatic hydroxyl groups is 2. The Balaban J connectivity index is 4.62. The average Bonchev–Trinajstić information content (AvgIpc) is 3.22. The minimum absolute atomic E-state index is 0.0275. The molecule has 6 heteroatoms. The molecule has 0 aliphatic heterocycles. The first-order valence-corrected chi connectivity index (χ1v) is 24.6. The second kappa shape index (κ2) is 45.6. The molecule has 336 valence electrons. The van der Waals surface area contributed by atoms with Gasteiger partial charge in [-0.05, 0) is 64.2 Å². The van der Waals surface area contributed by atoms with Crippen molar-refractivity contribution < 1.29 is 24.5 Å². The zero-order chi connectivity index (χ0) is 42.4. The van der Waals surface area contributed by atoms with Gasteiger partial charge in [0.1, 0.15) is 6.10 Å². The average molecular weight is 812 g/mol. The van der Waals surface area contributed by atoms with E-state index in [4.69, 9.17) is 4.74 Å². The van der Waals surface area contributed by atoms with Crippen molar-refractivity contribution in [2.75, 3.05) is 6.61 Å². The first-order chi connectivity index (χ1) is 28.5. The Hall–Kier alpha value is -2.44. The predicted molar refractivity (Wildman–Crippen MR) is 250 cm³/mol. The smallest absolute Gasteiger partial charge is 0.306 e. The Bertz CT molecular complexity index is 1050. The van der Waals surface area contributed by atoms with Gasteiger partial charge in [0.2, 0.25) is 5.91 Å². The molecule has 3 atom stereocenters. The number of unbranched alkanes of at least 4 members (excludes halogenated alkanes) is 24.